The van der Waals surface area contributed by atoms with Gasteiger partial charge in [-0.3, -0.25) is 10.1 Å². The number of rotatable bonds is 9. The van der Waals surface area contributed by atoms with E-state index in [4.69, 9.17) is 4.74 Å². The van der Waals surface area contributed by atoms with Gasteiger partial charge in [-0.15, -0.1) is 0 Å². The van der Waals surface area contributed by atoms with Crippen LogP contribution in [0.3, 0.4) is 0 Å². The van der Waals surface area contributed by atoms with Crippen molar-refractivity contribution in [2.24, 2.45) is 0 Å². The number of pyridine rings is 1. The lowest BCUT2D eigenvalue weighted by atomic mass is 9.94. The number of nitrogens with one attached hydrogen (secondary N) is 1. The van der Waals surface area contributed by atoms with Gasteiger partial charge < -0.3 is 14.7 Å². The number of nitrogens with zero attached hydrogens (tertiary/aromatic N) is 3. The molecule has 3 heterocycles. The fraction of sp³-hybridized carbons (Fsp3) is 0.235. The largest absolute Gasteiger partial charge is 0.493 e. The van der Waals surface area contributed by atoms with Gasteiger partial charge in [-0.2, -0.15) is 0 Å². The van der Waals surface area contributed by atoms with E-state index in [-0.39, 0.29) is 11.6 Å². The first-order chi connectivity index (χ1) is 20.9. The predicted octanol–water partition coefficient (Wildman–Crippen LogP) is 7.36. The van der Waals surface area contributed by atoms with Gasteiger partial charge in [-0.25, -0.2) is 14.8 Å². The molecule has 0 spiro atoms. The van der Waals surface area contributed by atoms with Crippen molar-refractivity contribution in [1.29, 1.82) is 0 Å². The van der Waals surface area contributed by atoms with Crippen LogP contribution in [-0.4, -0.2) is 40.1 Å². The van der Waals surface area contributed by atoms with E-state index in [0.717, 1.165) is 51.1 Å². The first kappa shape index (κ1) is 28.4. The van der Waals surface area contributed by atoms with E-state index in [0.29, 0.717) is 48.2 Å². The molecule has 6 rings (SSSR count). The second-order valence-electron chi connectivity index (χ2n) is 10.6. The molecular formula is C34H32N4O4S. The molecule has 0 atom stereocenters. The van der Waals surface area contributed by atoms with Crippen molar-refractivity contribution in [2.75, 3.05) is 23.4 Å². The van der Waals surface area contributed by atoms with Crippen LogP contribution in [-0.2, 0) is 13.0 Å². The van der Waals surface area contributed by atoms with Gasteiger partial charge in [0.15, 0.2) is 10.8 Å². The van der Waals surface area contributed by atoms with E-state index >= 15 is 0 Å². The lowest BCUT2D eigenvalue weighted by Crippen LogP contribution is -2.33. The normalized spacial score (nSPS) is 12.7. The molecule has 5 aromatic rings. The lowest BCUT2D eigenvalue weighted by molar-refractivity contribution is 0.0691. The molecule has 9 heteroatoms. The Morgan fingerprint density at radius 2 is 1.84 bits per heavy atom. The minimum absolute atomic E-state index is 0.0148. The molecule has 3 aromatic carbocycles. The summed E-state index contributed by atoms with van der Waals surface area (Å²) in [5, 5.41) is 13.7. The molecule has 8 nitrogen and oxygen atoms in total. The highest BCUT2D eigenvalue weighted by molar-refractivity contribution is 7.22. The summed E-state index contributed by atoms with van der Waals surface area (Å²) in [6, 6.07) is 22.9. The van der Waals surface area contributed by atoms with Crippen LogP contribution >= 0.6 is 11.3 Å². The van der Waals surface area contributed by atoms with Crippen molar-refractivity contribution in [2.45, 2.75) is 39.7 Å². The SMILES string of the molecule is CCCCOc1cccc(-c2ccc(N3CCc4cccc(C(=O)Nc5nc6ccccc6s5)c4C3)nc2C(=O)O)c1C. The molecule has 0 saturated heterocycles. The zero-order chi connectivity index (χ0) is 29.9. The number of hydrogen-bond acceptors (Lipinski definition) is 7. The number of amides is 1. The fourth-order valence-electron chi connectivity index (χ4n) is 5.47. The molecule has 2 aromatic heterocycles. The van der Waals surface area contributed by atoms with Crippen LogP contribution in [0.4, 0.5) is 10.9 Å². The number of carbonyl (C=O) groups is 2. The summed E-state index contributed by atoms with van der Waals surface area (Å²) in [6.45, 7) is 5.75. The Balaban J connectivity index is 1.27. The fourth-order valence-corrected chi connectivity index (χ4v) is 6.33. The molecule has 0 fully saturated rings. The van der Waals surface area contributed by atoms with Gasteiger partial charge in [0.05, 0.1) is 16.8 Å². The highest BCUT2D eigenvalue weighted by atomic mass is 32.1. The molecule has 218 valence electrons. The number of carbonyl (C=O) groups excluding carboxylic acids is 1. The molecule has 0 bridgehead atoms. The number of hydrogen-bond donors (Lipinski definition) is 2. The molecule has 0 saturated carbocycles. The van der Waals surface area contributed by atoms with E-state index in [1.54, 1.807) is 0 Å². The second-order valence-corrected chi connectivity index (χ2v) is 11.6. The van der Waals surface area contributed by atoms with Crippen LogP contribution in [0.1, 0.15) is 57.3 Å². The van der Waals surface area contributed by atoms with E-state index < -0.39 is 5.97 Å². The molecule has 1 aliphatic rings. The standard InChI is InChI=1S/C34H32N4O4S/c1-3-4-19-42-28-13-8-10-23(21(28)2)24-15-16-30(36-31(24)33(40)41)38-18-17-22-9-7-11-25(26(22)20-38)32(39)37-34-35-27-12-5-6-14-29(27)43-34/h5-16H,3-4,17-20H2,1-2H3,(H,40,41)(H,35,37,39). The summed E-state index contributed by atoms with van der Waals surface area (Å²) in [5.41, 5.74) is 5.61. The first-order valence-electron chi connectivity index (χ1n) is 14.4. The van der Waals surface area contributed by atoms with Gasteiger partial charge >= 0.3 is 5.97 Å². The summed E-state index contributed by atoms with van der Waals surface area (Å²) >= 11 is 1.44. The third-order valence-corrected chi connectivity index (χ3v) is 8.72. The Morgan fingerprint density at radius 1 is 1.00 bits per heavy atom. The number of aromatic nitrogens is 2. The number of benzene rings is 3. The predicted molar refractivity (Wildman–Crippen MR) is 171 cm³/mol. The van der Waals surface area contributed by atoms with Gasteiger partial charge in [0, 0.05) is 24.2 Å². The van der Waals surface area contributed by atoms with Crippen LogP contribution in [0.15, 0.2) is 72.8 Å². The van der Waals surface area contributed by atoms with Crippen LogP contribution in [0.5, 0.6) is 5.75 Å². The van der Waals surface area contributed by atoms with Gasteiger partial charge in [-0.05, 0) is 78.4 Å². The Morgan fingerprint density at radius 3 is 2.65 bits per heavy atom. The Labute approximate surface area is 254 Å². The molecule has 0 aliphatic carbocycles. The maximum Gasteiger partial charge on any atom is 0.355 e. The van der Waals surface area contributed by atoms with E-state index in [2.05, 4.69) is 22.2 Å². The average Bonchev–Trinajstić information content (AvgIpc) is 3.43. The van der Waals surface area contributed by atoms with Crippen molar-refractivity contribution in [1.82, 2.24) is 9.97 Å². The zero-order valence-electron chi connectivity index (χ0n) is 24.1. The molecular weight excluding hydrogens is 560 g/mol. The van der Waals surface area contributed by atoms with Crippen LogP contribution < -0.4 is 15.0 Å². The molecule has 43 heavy (non-hydrogen) atoms. The number of thiazole rings is 1. The second kappa shape index (κ2) is 12.2. The summed E-state index contributed by atoms with van der Waals surface area (Å²) in [4.78, 5) is 37.1. The average molecular weight is 593 g/mol. The maximum absolute atomic E-state index is 13.4. The summed E-state index contributed by atoms with van der Waals surface area (Å²) in [5.74, 6) is -0.0116. The third-order valence-electron chi connectivity index (χ3n) is 7.77. The number of fused-ring (bicyclic) bond motifs is 2. The van der Waals surface area contributed by atoms with Crippen molar-refractivity contribution >= 4 is 44.4 Å². The number of unbranched alkanes of at least 4 members (excludes halogenated alkanes) is 1. The van der Waals surface area contributed by atoms with Crippen molar-refractivity contribution in [3.05, 3.63) is 101 Å². The van der Waals surface area contributed by atoms with E-state index in [9.17, 15) is 14.7 Å². The molecule has 0 radical (unpaired) electrons. The van der Waals surface area contributed by atoms with Crippen molar-refractivity contribution < 1.29 is 19.4 Å². The van der Waals surface area contributed by atoms with Crippen LogP contribution in [0, 0.1) is 6.92 Å². The number of ether oxygens (including phenoxy) is 1. The quantitative estimate of drug-likeness (QED) is 0.172. The highest BCUT2D eigenvalue weighted by Crippen LogP contribution is 2.34. The summed E-state index contributed by atoms with van der Waals surface area (Å²) < 4.78 is 6.97. The summed E-state index contributed by atoms with van der Waals surface area (Å²) in [6.07, 6.45) is 2.69. The van der Waals surface area contributed by atoms with Gasteiger partial charge in [0.2, 0.25) is 0 Å². The van der Waals surface area contributed by atoms with E-state index in [1.165, 1.54) is 11.3 Å². The van der Waals surface area contributed by atoms with Crippen LogP contribution in [0.2, 0.25) is 0 Å². The van der Waals surface area contributed by atoms with Crippen LogP contribution in [0.25, 0.3) is 21.3 Å². The Bertz CT molecular complexity index is 1800. The lowest BCUT2D eigenvalue weighted by Gasteiger charge is -2.31. The first-order valence-corrected chi connectivity index (χ1v) is 15.2. The molecule has 1 aliphatic heterocycles. The molecule has 1 amide bonds. The smallest absolute Gasteiger partial charge is 0.355 e. The topological polar surface area (TPSA) is 105 Å². The third kappa shape index (κ3) is 5.81. The summed E-state index contributed by atoms with van der Waals surface area (Å²) in [7, 11) is 0. The van der Waals surface area contributed by atoms with Gasteiger partial charge in [0.25, 0.3) is 5.91 Å². The molecule has 0 unspecified atom stereocenters. The Kier molecular flexibility index (Phi) is 8.07. The number of anilines is 2. The highest BCUT2D eigenvalue weighted by Gasteiger charge is 2.25. The number of aromatic carboxylic acids is 1. The van der Waals surface area contributed by atoms with Crippen molar-refractivity contribution in [3.8, 4) is 16.9 Å². The van der Waals surface area contributed by atoms with Gasteiger partial charge in [-0.1, -0.05) is 61.1 Å². The minimum atomic E-state index is -1.10. The zero-order valence-corrected chi connectivity index (χ0v) is 24.9. The Hall–Kier alpha value is -4.76. The number of carboxylic acid groups (broad SMARTS) is 1. The van der Waals surface area contributed by atoms with Crippen molar-refractivity contribution in [3.63, 3.8) is 0 Å². The minimum Gasteiger partial charge on any atom is -0.493 e. The monoisotopic (exact) mass is 592 g/mol. The number of para-hydroxylation sites is 1. The molecule has 2 N–H and O–H groups in total. The maximum atomic E-state index is 13.4. The van der Waals surface area contributed by atoms with Gasteiger partial charge in [0.1, 0.15) is 11.6 Å². The van der Waals surface area contributed by atoms with E-state index in [1.807, 2.05) is 84.6 Å². The number of carboxylic acids is 1.